The van der Waals surface area contributed by atoms with Crippen LogP contribution in [0.4, 0.5) is 0 Å². The molecule has 0 aliphatic heterocycles. The molecule has 0 amide bonds. The van der Waals surface area contributed by atoms with Crippen LogP contribution in [-0.4, -0.2) is 18.4 Å². The van der Waals surface area contributed by atoms with E-state index in [4.69, 9.17) is 0 Å². The minimum Gasteiger partial charge on any atom is -0.317 e. The molecule has 0 rings (SSSR count). The number of nitrogens with one attached hydrogen (secondary N) is 1. The molecule has 0 aliphatic rings. The van der Waals surface area contributed by atoms with Gasteiger partial charge in [-0.15, -0.1) is 0 Å². The van der Waals surface area contributed by atoms with Gasteiger partial charge in [-0.2, -0.15) is 0 Å². The first-order valence-electron chi connectivity index (χ1n) is 4.18. The summed E-state index contributed by atoms with van der Waals surface area (Å²) in [5, 5.41) is 4.54. The van der Waals surface area contributed by atoms with Crippen LogP contribution in [0.3, 0.4) is 0 Å². The Morgan fingerprint density at radius 2 is 1.80 bits per heavy atom. The van der Waals surface area contributed by atoms with E-state index in [0.717, 1.165) is 5.33 Å². The molecule has 0 bridgehead atoms. The van der Waals surface area contributed by atoms with E-state index in [1.165, 1.54) is 38.8 Å². The Morgan fingerprint density at radius 3 is 2.40 bits per heavy atom. The fraction of sp³-hybridized carbons (Fsp3) is 1.00. The molecule has 0 spiro atoms. The van der Waals surface area contributed by atoms with Gasteiger partial charge in [0.25, 0.3) is 0 Å². The Kier molecular flexibility index (Phi) is 9.86. The summed E-state index contributed by atoms with van der Waals surface area (Å²) in [5.74, 6) is 0. The molecular weight excluding hydrogens is 190 g/mol. The minimum absolute atomic E-state index is 1.14. The van der Waals surface area contributed by atoms with Crippen LogP contribution >= 0.6 is 15.9 Å². The summed E-state index contributed by atoms with van der Waals surface area (Å²) in [5.41, 5.74) is 0. The van der Waals surface area contributed by atoms with Crippen LogP contribution in [0.2, 0.25) is 0 Å². The monoisotopic (exact) mass is 207 g/mol. The zero-order chi connectivity index (χ0) is 7.66. The molecule has 0 saturated carbocycles. The van der Waals surface area contributed by atoms with Crippen molar-refractivity contribution in [3.8, 4) is 0 Å². The van der Waals surface area contributed by atoms with Gasteiger partial charge in [0.1, 0.15) is 0 Å². The fourth-order valence-corrected chi connectivity index (χ4v) is 1.17. The van der Waals surface area contributed by atoms with Crippen molar-refractivity contribution in [1.82, 2.24) is 5.32 Å². The number of halogens is 1. The summed E-state index contributed by atoms with van der Waals surface area (Å²) in [4.78, 5) is 0. The first kappa shape index (κ1) is 10.4. The van der Waals surface area contributed by atoms with Gasteiger partial charge in [0.05, 0.1) is 0 Å². The van der Waals surface area contributed by atoms with E-state index >= 15 is 0 Å². The van der Waals surface area contributed by atoms with Crippen molar-refractivity contribution in [3.05, 3.63) is 0 Å². The normalized spacial score (nSPS) is 10.2. The van der Waals surface area contributed by atoms with Gasteiger partial charge in [-0.3, -0.25) is 0 Å². The molecule has 0 aliphatic carbocycles. The van der Waals surface area contributed by atoms with Crippen LogP contribution in [0.15, 0.2) is 0 Å². The maximum atomic E-state index is 3.40. The summed E-state index contributed by atoms with van der Waals surface area (Å²) in [6.07, 6.45) is 5.20. The SMILES string of the molecule is CCCCNCCCCBr. The zero-order valence-corrected chi connectivity index (χ0v) is 8.41. The smallest absolute Gasteiger partial charge is 0.00317 e. The lowest BCUT2D eigenvalue weighted by molar-refractivity contribution is 0.614. The van der Waals surface area contributed by atoms with Crippen molar-refractivity contribution in [1.29, 1.82) is 0 Å². The highest BCUT2D eigenvalue weighted by atomic mass is 79.9. The van der Waals surface area contributed by atoms with E-state index in [9.17, 15) is 0 Å². The molecule has 1 N–H and O–H groups in total. The Hall–Kier alpha value is 0.440. The maximum Gasteiger partial charge on any atom is 0.00317 e. The molecule has 0 aromatic heterocycles. The maximum absolute atomic E-state index is 3.40. The molecule has 0 aromatic carbocycles. The lowest BCUT2D eigenvalue weighted by Gasteiger charge is -2.00. The van der Waals surface area contributed by atoms with Crippen molar-refractivity contribution in [3.63, 3.8) is 0 Å². The van der Waals surface area contributed by atoms with Crippen molar-refractivity contribution in [2.24, 2.45) is 0 Å². The molecule has 0 heterocycles. The van der Waals surface area contributed by atoms with Crippen molar-refractivity contribution >= 4 is 15.9 Å². The fourth-order valence-electron chi connectivity index (χ4n) is 0.771. The van der Waals surface area contributed by atoms with E-state index in [-0.39, 0.29) is 0 Å². The van der Waals surface area contributed by atoms with Gasteiger partial charge in [-0.05, 0) is 32.4 Å². The third-order valence-electron chi connectivity index (χ3n) is 1.44. The average Bonchev–Trinajstić information content (AvgIpc) is 1.97. The molecule has 0 unspecified atom stereocenters. The highest BCUT2D eigenvalue weighted by molar-refractivity contribution is 9.09. The van der Waals surface area contributed by atoms with E-state index in [1.54, 1.807) is 0 Å². The van der Waals surface area contributed by atoms with Crippen LogP contribution in [0.25, 0.3) is 0 Å². The van der Waals surface area contributed by atoms with Gasteiger partial charge in [0, 0.05) is 5.33 Å². The van der Waals surface area contributed by atoms with Crippen LogP contribution < -0.4 is 5.32 Å². The summed E-state index contributed by atoms with van der Waals surface area (Å²) in [7, 11) is 0. The summed E-state index contributed by atoms with van der Waals surface area (Å²) < 4.78 is 0. The second-order valence-corrected chi connectivity index (χ2v) is 3.29. The first-order chi connectivity index (χ1) is 4.91. The Morgan fingerprint density at radius 1 is 1.10 bits per heavy atom. The lowest BCUT2D eigenvalue weighted by atomic mass is 10.3. The third-order valence-corrected chi connectivity index (χ3v) is 2.01. The van der Waals surface area contributed by atoms with Gasteiger partial charge in [-0.1, -0.05) is 29.3 Å². The van der Waals surface area contributed by atoms with E-state index in [0.29, 0.717) is 0 Å². The van der Waals surface area contributed by atoms with Gasteiger partial charge >= 0.3 is 0 Å². The lowest BCUT2D eigenvalue weighted by Crippen LogP contribution is -2.16. The number of hydrogen-bond acceptors (Lipinski definition) is 1. The zero-order valence-electron chi connectivity index (χ0n) is 6.83. The van der Waals surface area contributed by atoms with Gasteiger partial charge in [-0.25, -0.2) is 0 Å². The van der Waals surface area contributed by atoms with Crippen LogP contribution in [-0.2, 0) is 0 Å². The van der Waals surface area contributed by atoms with E-state index in [2.05, 4.69) is 28.2 Å². The Labute approximate surface area is 72.7 Å². The predicted molar refractivity (Wildman–Crippen MR) is 50.8 cm³/mol. The molecule has 1 nitrogen and oxygen atoms in total. The number of alkyl halides is 1. The standard InChI is InChI=1S/C8H18BrN/c1-2-3-7-10-8-5-4-6-9/h10H,2-8H2,1H3. The molecule has 0 radical (unpaired) electrons. The van der Waals surface area contributed by atoms with Crippen LogP contribution in [0, 0.1) is 0 Å². The van der Waals surface area contributed by atoms with Gasteiger partial charge < -0.3 is 5.32 Å². The predicted octanol–water partition coefficient (Wildman–Crippen LogP) is 2.55. The number of rotatable bonds is 7. The molecule has 0 saturated heterocycles. The quantitative estimate of drug-likeness (QED) is 0.500. The Balaban J connectivity index is 2.65. The van der Waals surface area contributed by atoms with E-state index in [1.807, 2.05) is 0 Å². The van der Waals surface area contributed by atoms with Crippen molar-refractivity contribution < 1.29 is 0 Å². The molecule has 0 aromatic rings. The molecule has 0 fully saturated rings. The number of hydrogen-bond donors (Lipinski definition) is 1. The summed E-state index contributed by atoms with van der Waals surface area (Å²) in [6, 6.07) is 0. The average molecular weight is 208 g/mol. The second-order valence-electron chi connectivity index (χ2n) is 2.50. The number of unbranched alkanes of at least 4 members (excludes halogenated alkanes) is 2. The molecule has 10 heavy (non-hydrogen) atoms. The molecular formula is C8H18BrN. The minimum atomic E-state index is 1.14. The molecule has 62 valence electrons. The topological polar surface area (TPSA) is 12.0 Å². The highest BCUT2D eigenvalue weighted by Crippen LogP contribution is 1.91. The van der Waals surface area contributed by atoms with E-state index < -0.39 is 0 Å². The van der Waals surface area contributed by atoms with Crippen molar-refractivity contribution in [2.75, 3.05) is 18.4 Å². The summed E-state index contributed by atoms with van der Waals surface area (Å²) >= 11 is 3.40. The van der Waals surface area contributed by atoms with Gasteiger partial charge in [0.15, 0.2) is 0 Å². The van der Waals surface area contributed by atoms with Crippen LogP contribution in [0.1, 0.15) is 32.6 Å². The van der Waals surface area contributed by atoms with Crippen molar-refractivity contribution in [2.45, 2.75) is 32.6 Å². The largest absolute Gasteiger partial charge is 0.317 e. The Bertz CT molecular complexity index is 49.2. The van der Waals surface area contributed by atoms with Crippen LogP contribution in [0.5, 0.6) is 0 Å². The summed E-state index contributed by atoms with van der Waals surface area (Å²) in [6.45, 7) is 4.60. The third kappa shape index (κ3) is 8.44. The molecule has 2 heteroatoms. The second kappa shape index (κ2) is 9.44. The highest BCUT2D eigenvalue weighted by Gasteiger charge is 1.85. The first-order valence-corrected chi connectivity index (χ1v) is 5.30. The molecule has 0 atom stereocenters. The van der Waals surface area contributed by atoms with Gasteiger partial charge in [0.2, 0.25) is 0 Å².